The van der Waals surface area contributed by atoms with E-state index in [1.54, 1.807) is 0 Å². The summed E-state index contributed by atoms with van der Waals surface area (Å²) in [6.07, 6.45) is 7.86. The van der Waals surface area contributed by atoms with Gasteiger partial charge in [-0.05, 0) is 56.2 Å². The summed E-state index contributed by atoms with van der Waals surface area (Å²) in [6, 6.07) is 5.89. The van der Waals surface area contributed by atoms with Crippen LogP contribution in [0.2, 0.25) is 0 Å². The molecule has 1 saturated carbocycles. The number of hydrogen-bond donors (Lipinski definition) is 2. The smallest absolute Gasteiger partial charge is 0.232 e. The van der Waals surface area contributed by atoms with Crippen LogP contribution in [-0.2, 0) is 16.4 Å². The summed E-state index contributed by atoms with van der Waals surface area (Å²) in [6.45, 7) is 0.495. The molecule has 1 spiro atoms. The first-order valence-corrected chi connectivity index (χ1v) is 11.3. The second-order valence-corrected chi connectivity index (χ2v) is 9.48. The molecule has 0 amide bonds. The van der Waals surface area contributed by atoms with Crippen molar-refractivity contribution >= 4 is 33.3 Å². The fourth-order valence-electron chi connectivity index (χ4n) is 4.51. The average molecular weight is 391 g/mol. The highest BCUT2D eigenvalue weighted by atomic mass is 32.2. The van der Waals surface area contributed by atoms with Crippen molar-refractivity contribution in [1.82, 2.24) is 0 Å². The van der Waals surface area contributed by atoms with Gasteiger partial charge in [0.15, 0.2) is 0 Å². The van der Waals surface area contributed by atoms with Gasteiger partial charge >= 0.3 is 0 Å². The van der Waals surface area contributed by atoms with Gasteiger partial charge in [-0.2, -0.15) is 4.99 Å². The standard InChI is InChI=1S/C18H26N6O2S/c1-27(25,26)23-11-5-6-13-7-8-14(12-15(13)23)24-17(20)21-16(19)22-18(24)9-3-2-4-10-18/h7-8,12H,2-6,9-11H2,1H3,(H4,19,20,21,22). The molecule has 8 nitrogen and oxygen atoms in total. The van der Waals surface area contributed by atoms with Crippen LogP contribution in [0, 0.1) is 0 Å². The number of nitrogens with two attached hydrogens (primary N) is 2. The zero-order valence-electron chi connectivity index (χ0n) is 15.6. The molecule has 0 bridgehead atoms. The Kier molecular flexibility index (Phi) is 4.29. The molecule has 4 N–H and O–H groups in total. The van der Waals surface area contributed by atoms with Crippen molar-refractivity contribution in [2.75, 3.05) is 22.0 Å². The zero-order valence-corrected chi connectivity index (χ0v) is 16.4. The third-order valence-electron chi connectivity index (χ3n) is 5.65. The van der Waals surface area contributed by atoms with Crippen LogP contribution in [0.5, 0.6) is 0 Å². The Morgan fingerprint density at radius 3 is 2.56 bits per heavy atom. The zero-order chi connectivity index (χ0) is 19.2. The monoisotopic (exact) mass is 390 g/mol. The maximum Gasteiger partial charge on any atom is 0.232 e. The van der Waals surface area contributed by atoms with Crippen molar-refractivity contribution in [1.29, 1.82) is 0 Å². The molecule has 146 valence electrons. The minimum atomic E-state index is -3.34. The van der Waals surface area contributed by atoms with E-state index in [9.17, 15) is 8.42 Å². The molecule has 0 aromatic heterocycles. The molecule has 3 aliphatic rings. The summed E-state index contributed by atoms with van der Waals surface area (Å²) in [5, 5.41) is 0. The number of anilines is 2. The highest BCUT2D eigenvalue weighted by Gasteiger charge is 2.43. The summed E-state index contributed by atoms with van der Waals surface area (Å²) in [4.78, 5) is 10.8. The molecule has 1 aromatic carbocycles. The number of sulfonamides is 1. The molecule has 1 aromatic rings. The van der Waals surface area contributed by atoms with Crippen molar-refractivity contribution in [2.45, 2.75) is 50.6 Å². The van der Waals surface area contributed by atoms with Crippen LogP contribution < -0.4 is 20.7 Å². The summed E-state index contributed by atoms with van der Waals surface area (Å²) < 4.78 is 26.0. The second kappa shape index (κ2) is 6.40. The third-order valence-corrected chi connectivity index (χ3v) is 6.83. The first-order chi connectivity index (χ1) is 12.8. The Morgan fingerprint density at radius 2 is 1.85 bits per heavy atom. The number of aliphatic imine (C=N–C) groups is 2. The first kappa shape index (κ1) is 18.1. The quantitative estimate of drug-likeness (QED) is 0.794. The number of aryl methyl sites for hydroxylation is 1. The Morgan fingerprint density at radius 1 is 1.11 bits per heavy atom. The molecule has 0 saturated heterocycles. The number of hydrogen-bond acceptors (Lipinski definition) is 7. The van der Waals surface area contributed by atoms with Crippen molar-refractivity contribution < 1.29 is 8.42 Å². The molecule has 2 aliphatic heterocycles. The van der Waals surface area contributed by atoms with Crippen LogP contribution >= 0.6 is 0 Å². The van der Waals surface area contributed by atoms with Crippen LogP contribution in [0.15, 0.2) is 28.2 Å². The summed E-state index contributed by atoms with van der Waals surface area (Å²) >= 11 is 0. The van der Waals surface area contributed by atoms with E-state index in [2.05, 4.69) is 9.98 Å². The number of rotatable bonds is 2. The summed E-state index contributed by atoms with van der Waals surface area (Å²) in [7, 11) is -3.34. The lowest BCUT2D eigenvalue weighted by atomic mass is 9.87. The molecule has 9 heteroatoms. The van der Waals surface area contributed by atoms with Gasteiger partial charge in [0, 0.05) is 12.2 Å². The van der Waals surface area contributed by atoms with Crippen molar-refractivity contribution in [3.8, 4) is 0 Å². The minimum absolute atomic E-state index is 0.210. The maximum absolute atomic E-state index is 12.3. The van der Waals surface area contributed by atoms with Gasteiger partial charge in [-0.25, -0.2) is 13.4 Å². The molecule has 0 unspecified atom stereocenters. The van der Waals surface area contributed by atoms with Crippen LogP contribution in [0.4, 0.5) is 11.4 Å². The highest BCUT2D eigenvalue weighted by molar-refractivity contribution is 7.92. The Bertz CT molecular complexity index is 918. The van der Waals surface area contributed by atoms with Gasteiger partial charge in [0.1, 0.15) is 5.66 Å². The normalized spacial score (nSPS) is 22.3. The van der Waals surface area contributed by atoms with Gasteiger partial charge in [0.2, 0.25) is 21.9 Å². The number of benzene rings is 1. The maximum atomic E-state index is 12.3. The van der Waals surface area contributed by atoms with Crippen LogP contribution in [0.25, 0.3) is 0 Å². The van der Waals surface area contributed by atoms with Gasteiger partial charge in [0.05, 0.1) is 11.9 Å². The number of fused-ring (bicyclic) bond motifs is 1. The van der Waals surface area contributed by atoms with Gasteiger partial charge in [-0.1, -0.05) is 12.5 Å². The van der Waals surface area contributed by atoms with E-state index in [1.165, 1.54) is 10.6 Å². The van der Waals surface area contributed by atoms with E-state index < -0.39 is 15.7 Å². The van der Waals surface area contributed by atoms with E-state index in [4.69, 9.17) is 11.5 Å². The first-order valence-electron chi connectivity index (χ1n) is 9.41. The molecule has 0 radical (unpaired) electrons. The molecule has 4 rings (SSSR count). The predicted octanol–water partition coefficient (Wildman–Crippen LogP) is 1.51. The lowest BCUT2D eigenvalue weighted by molar-refractivity contribution is 0.305. The highest BCUT2D eigenvalue weighted by Crippen LogP contribution is 2.41. The summed E-state index contributed by atoms with van der Waals surface area (Å²) in [5.74, 6) is 0.521. The lowest BCUT2D eigenvalue weighted by Crippen LogP contribution is -2.58. The van der Waals surface area contributed by atoms with Gasteiger partial charge in [-0.15, -0.1) is 0 Å². The molecule has 27 heavy (non-hydrogen) atoms. The predicted molar refractivity (Wildman–Crippen MR) is 108 cm³/mol. The van der Waals surface area contributed by atoms with Crippen molar-refractivity contribution in [3.05, 3.63) is 23.8 Å². The molecular formula is C18H26N6O2S. The molecule has 0 atom stereocenters. The molecular weight excluding hydrogens is 364 g/mol. The third kappa shape index (κ3) is 3.13. The lowest BCUT2D eigenvalue weighted by Gasteiger charge is -2.46. The minimum Gasteiger partial charge on any atom is -0.369 e. The number of nitrogens with zero attached hydrogens (tertiary/aromatic N) is 4. The Labute approximate surface area is 160 Å². The van der Waals surface area contributed by atoms with Crippen LogP contribution in [0.1, 0.15) is 44.1 Å². The number of guanidine groups is 2. The second-order valence-electron chi connectivity index (χ2n) is 7.57. The van der Waals surface area contributed by atoms with Crippen molar-refractivity contribution in [2.24, 2.45) is 21.5 Å². The summed E-state index contributed by atoms with van der Waals surface area (Å²) in [5.41, 5.74) is 14.2. The fourth-order valence-corrected chi connectivity index (χ4v) is 5.50. The van der Waals surface area contributed by atoms with Gasteiger partial charge in [-0.3, -0.25) is 9.21 Å². The fraction of sp³-hybridized carbons (Fsp3) is 0.556. The van der Waals surface area contributed by atoms with E-state index in [0.29, 0.717) is 12.5 Å². The van der Waals surface area contributed by atoms with E-state index in [0.717, 1.165) is 61.9 Å². The Balaban J connectivity index is 1.82. The van der Waals surface area contributed by atoms with Gasteiger partial charge < -0.3 is 11.5 Å². The van der Waals surface area contributed by atoms with Crippen molar-refractivity contribution in [3.63, 3.8) is 0 Å². The van der Waals surface area contributed by atoms with E-state index >= 15 is 0 Å². The van der Waals surface area contributed by atoms with Crippen LogP contribution in [0.3, 0.4) is 0 Å². The van der Waals surface area contributed by atoms with Gasteiger partial charge in [0.25, 0.3) is 0 Å². The molecule has 2 heterocycles. The molecule has 1 aliphatic carbocycles. The average Bonchev–Trinajstić information content (AvgIpc) is 2.60. The van der Waals surface area contributed by atoms with E-state index in [-0.39, 0.29) is 5.96 Å². The molecule has 1 fully saturated rings. The SMILES string of the molecule is CS(=O)(=O)N1CCCc2ccc(N3C(N)=NC(N)=NC34CCCCC4)cc21. The largest absolute Gasteiger partial charge is 0.369 e. The van der Waals surface area contributed by atoms with E-state index in [1.807, 2.05) is 23.1 Å². The van der Waals surface area contributed by atoms with Crippen LogP contribution in [-0.4, -0.2) is 38.8 Å². The Hall–Kier alpha value is -2.29. The topological polar surface area (TPSA) is 117 Å².